The molecule has 0 spiro atoms. The molecule has 0 saturated carbocycles. The Balaban J connectivity index is 1.35. The lowest BCUT2D eigenvalue weighted by atomic mass is 10.1. The zero-order chi connectivity index (χ0) is 20.0. The van der Waals surface area contributed by atoms with Gasteiger partial charge in [-0.25, -0.2) is 9.07 Å². The molecule has 6 nitrogen and oxygen atoms in total. The summed E-state index contributed by atoms with van der Waals surface area (Å²) >= 11 is 0. The van der Waals surface area contributed by atoms with E-state index in [1.54, 1.807) is 29.3 Å². The van der Waals surface area contributed by atoms with Gasteiger partial charge in [0, 0.05) is 42.6 Å². The smallest absolute Gasteiger partial charge is 0.267 e. The molecule has 5 rings (SSSR count). The van der Waals surface area contributed by atoms with Crippen molar-refractivity contribution in [1.82, 2.24) is 19.1 Å². The van der Waals surface area contributed by atoms with Crippen LogP contribution in [-0.2, 0) is 0 Å². The molecular weight excluding hydrogens is 371 g/mol. The number of pyridine rings is 1. The molecule has 1 amide bonds. The molecule has 4 heterocycles. The topological polar surface area (TPSA) is 59.6 Å². The molecule has 144 valence electrons. The van der Waals surface area contributed by atoms with Crippen LogP contribution < -0.4 is 5.56 Å². The summed E-state index contributed by atoms with van der Waals surface area (Å²) in [5, 5.41) is 4.40. The summed E-state index contributed by atoms with van der Waals surface area (Å²) in [4.78, 5) is 26.7. The predicted octanol–water partition coefficient (Wildman–Crippen LogP) is 3.00. The highest BCUT2D eigenvalue weighted by molar-refractivity contribution is 5.96. The van der Waals surface area contributed by atoms with Gasteiger partial charge in [0.25, 0.3) is 11.5 Å². The molecule has 7 heteroatoms. The molecule has 0 aliphatic carbocycles. The third kappa shape index (κ3) is 3.10. The first kappa shape index (κ1) is 17.4. The lowest BCUT2D eigenvalue weighted by Crippen LogP contribution is -2.53. The number of hydrogen-bond acceptors (Lipinski definition) is 3. The van der Waals surface area contributed by atoms with Crippen molar-refractivity contribution < 1.29 is 9.18 Å². The summed E-state index contributed by atoms with van der Waals surface area (Å²) in [5.41, 5.74) is 2.45. The lowest BCUT2D eigenvalue weighted by molar-refractivity contribution is 0.0493. The van der Waals surface area contributed by atoms with E-state index in [1.165, 1.54) is 22.9 Å². The molecule has 1 saturated heterocycles. The number of carbonyl (C=O) groups excluding carboxylic acids is 1. The van der Waals surface area contributed by atoms with Crippen LogP contribution >= 0.6 is 0 Å². The Morgan fingerprint density at radius 3 is 2.69 bits per heavy atom. The molecule has 1 aromatic carbocycles. The molecule has 1 aliphatic rings. The van der Waals surface area contributed by atoms with E-state index in [0.29, 0.717) is 29.9 Å². The quantitative estimate of drug-likeness (QED) is 0.542. The minimum atomic E-state index is -0.359. The fourth-order valence-corrected chi connectivity index (χ4v) is 3.62. The molecule has 0 radical (unpaired) electrons. The van der Waals surface area contributed by atoms with E-state index in [0.717, 1.165) is 5.52 Å². The Morgan fingerprint density at radius 2 is 1.90 bits per heavy atom. The van der Waals surface area contributed by atoms with Gasteiger partial charge in [0.05, 0.1) is 17.3 Å². The maximum Gasteiger partial charge on any atom is 0.267 e. The monoisotopic (exact) mass is 388 g/mol. The molecule has 3 aromatic heterocycles. The predicted molar refractivity (Wildman–Crippen MR) is 106 cm³/mol. The molecule has 0 bridgehead atoms. The summed E-state index contributed by atoms with van der Waals surface area (Å²) in [7, 11) is 0. The van der Waals surface area contributed by atoms with Crippen LogP contribution in [0.15, 0.2) is 77.9 Å². The number of amides is 1. The second-order valence-corrected chi connectivity index (χ2v) is 7.14. The number of carbonyl (C=O) groups is 1. The maximum absolute atomic E-state index is 13.5. The molecule has 4 aromatic rings. The third-order valence-corrected chi connectivity index (χ3v) is 5.19. The second kappa shape index (κ2) is 6.70. The Kier molecular flexibility index (Phi) is 4.01. The van der Waals surface area contributed by atoms with Crippen molar-refractivity contribution >= 4 is 11.4 Å². The number of fused-ring (bicyclic) bond motifs is 1. The van der Waals surface area contributed by atoms with Crippen LogP contribution in [0.5, 0.6) is 0 Å². The van der Waals surface area contributed by atoms with E-state index in [4.69, 9.17) is 0 Å². The first-order valence-corrected chi connectivity index (χ1v) is 9.30. The van der Waals surface area contributed by atoms with E-state index in [2.05, 4.69) is 5.10 Å². The minimum absolute atomic E-state index is 0.0701. The van der Waals surface area contributed by atoms with Gasteiger partial charge in [-0.05, 0) is 36.4 Å². The van der Waals surface area contributed by atoms with Crippen molar-refractivity contribution in [3.63, 3.8) is 0 Å². The van der Waals surface area contributed by atoms with Crippen LogP contribution in [0.2, 0.25) is 0 Å². The molecule has 29 heavy (non-hydrogen) atoms. The SMILES string of the molecule is O=C(c1cc2ccccn2c1)N1CC(n2nc(-c3cccc(F)c3)ccc2=O)C1. The Bertz CT molecular complexity index is 1250. The van der Waals surface area contributed by atoms with Crippen LogP contribution in [-0.4, -0.2) is 38.1 Å². The van der Waals surface area contributed by atoms with Crippen LogP contribution in [0, 0.1) is 5.82 Å². The normalized spacial score (nSPS) is 14.2. The number of rotatable bonds is 3. The second-order valence-electron chi connectivity index (χ2n) is 7.14. The van der Waals surface area contributed by atoms with Gasteiger partial charge in [-0.3, -0.25) is 9.59 Å². The number of hydrogen-bond donors (Lipinski definition) is 0. The fraction of sp³-hybridized carbons (Fsp3) is 0.136. The zero-order valence-electron chi connectivity index (χ0n) is 15.4. The summed E-state index contributed by atoms with van der Waals surface area (Å²) < 4.78 is 16.8. The Labute approximate surface area is 165 Å². The number of halogens is 1. The molecule has 0 unspecified atom stereocenters. The highest BCUT2D eigenvalue weighted by Crippen LogP contribution is 2.24. The van der Waals surface area contributed by atoms with E-state index >= 15 is 0 Å². The van der Waals surface area contributed by atoms with Crippen molar-refractivity contribution in [1.29, 1.82) is 0 Å². The van der Waals surface area contributed by atoms with Crippen molar-refractivity contribution in [2.24, 2.45) is 0 Å². The molecule has 0 N–H and O–H groups in total. The zero-order valence-corrected chi connectivity index (χ0v) is 15.4. The Hall–Kier alpha value is -3.74. The van der Waals surface area contributed by atoms with Gasteiger partial charge in [0.1, 0.15) is 5.82 Å². The van der Waals surface area contributed by atoms with Gasteiger partial charge in [0.2, 0.25) is 0 Å². The number of benzene rings is 1. The van der Waals surface area contributed by atoms with Crippen LogP contribution in [0.4, 0.5) is 4.39 Å². The first-order valence-electron chi connectivity index (χ1n) is 9.30. The van der Waals surface area contributed by atoms with E-state index in [-0.39, 0.29) is 23.3 Å². The molecular formula is C22H17FN4O2. The van der Waals surface area contributed by atoms with Gasteiger partial charge >= 0.3 is 0 Å². The van der Waals surface area contributed by atoms with Gasteiger partial charge in [-0.2, -0.15) is 5.10 Å². The molecule has 1 fully saturated rings. The van der Waals surface area contributed by atoms with Crippen LogP contribution in [0.3, 0.4) is 0 Å². The summed E-state index contributed by atoms with van der Waals surface area (Å²) in [6.45, 7) is 0.815. The highest BCUT2D eigenvalue weighted by atomic mass is 19.1. The average molecular weight is 388 g/mol. The van der Waals surface area contributed by atoms with E-state index < -0.39 is 0 Å². The highest BCUT2D eigenvalue weighted by Gasteiger charge is 2.34. The molecule has 1 aliphatic heterocycles. The Morgan fingerprint density at radius 1 is 1.03 bits per heavy atom. The van der Waals surface area contributed by atoms with E-state index in [9.17, 15) is 14.0 Å². The number of aromatic nitrogens is 3. The summed E-state index contributed by atoms with van der Waals surface area (Å²) in [6, 6.07) is 16.5. The van der Waals surface area contributed by atoms with Gasteiger partial charge < -0.3 is 9.30 Å². The minimum Gasteiger partial charge on any atom is -0.334 e. The number of likely N-dealkylation sites (tertiary alicyclic amines) is 1. The summed E-state index contributed by atoms with van der Waals surface area (Å²) in [6.07, 6.45) is 3.70. The summed E-state index contributed by atoms with van der Waals surface area (Å²) in [5.74, 6) is -0.429. The average Bonchev–Trinajstić information content (AvgIpc) is 3.12. The standard InChI is InChI=1S/C22H17FN4O2/c23-17-5-3-4-15(10-17)20-7-8-21(28)27(24-20)19-13-26(14-19)22(29)16-11-18-6-1-2-9-25(18)12-16/h1-12,19H,13-14H2. The third-order valence-electron chi connectivity index (χ3n) is 5.19. The van der Waals surface area contributed by atoms with Crippen molar-refractivity contribution in [2.45, 2.75) is 6.04 Å². The van der Waals surface area contributed by atoms with Crippen molar-refractivity contribution in [3.05, 3.63) is 94.8 Å². The van der Waals surface area contributed by atoms with Crippen molar-refractivity contribution in [2.75, 3.05) is 13.1 Å². The van der Waals surface area contributed by atoms with Gasteiger partial charge in [-0.1, -0.05) is 18.2 Å². The maximum atomic E-state index is 13.5. The largest absolute Gasteiger partial charge is 0.334 e. The lowest BCUT2D eigenvalue weighted by Gasteiger charge is -2.39. The first-order chi connectivity index (χ1) is 14.1. The van der Waals surface area contributed by atoms with Crippen molar-refractivity contribution in [3.8, 4) is 11.3 Å². The van der Waals surface area contributed by atoms with Gasteiger partial charge in [-0.15, -0.1) is 0 Å². The molecule has 0 atom stereocenters. The van der Waals surface area contributed by atoms with Gasteiger partial charge in [0.15, 0.2) is 0 Å². The fourth-order valence-electron chi connectivity index (χ4n) is 3.62. The number of nitrogens with zero attached hydrogens (tertiary/aromatic N) is 4. The van der Waals surface area contributed by atoms with Crippen LogP contribution in [0.1, 0.15) is 16.4 Å². The van der Waals surface area contributed by atoms with Crippen LogP contribution in [0.25, 0.3) is 16.8 Å². The van der Waals surface area contributed by atoms with E-state index in [1.807, 2.05) is 34.9 Å².